The van der Waals surface area contributed by atoms with Crippen molar-refractivity contribution in [2.45, 2.75) is 19.3 Å². The Labute approximate surface area is 147 Å². The average Bonchev–Trinajstić information content (AvgIpc) is 3.24. The normalized spacial score (nSPS) is 20.1. The summed E-state index contributed by atoms with van der Waals surface area (Å²) in [7, 11) is 0. The zero-order valence-corrected chi connectivity index (χ0v) is 14.3. The fourth-order valence-electron chi connectivity index (χ4n) is 3.42. The Bertz CT molecular complexity index is 619. The maximum Gasteiger partial charge on any atom is 0.293 e. The number of anilines is 1. The Hall–Kier alpha value is -1.86. The highest BCUT2D eigenvalue weighted by Gasteiger charge is 2.29. The van der Waals surface area contributed by atoms with Gasteiger partial charge in [0.15, 0.2) is 0 Å². The van der Waals surface area contributed by atoms with Gasteiger partial charge in [0.2, 0.25) is 0 Å². The van der Waals surface area contributed by atoms with E-state index in [9.17, 15) is 14.9 Å². The Morgan fingerprint density at radius 2 is 2.00 bits per heavy atom. The maximum absolute atomic E-state index is 12.6. The third kappa shape index (κ3) is 3.62. The van der Waals surface area contributed by atoms with Crippen molar-refractivity contribution < 1.29 is 9.72 Å². The summed E-state index contributed by atoms with van der Waals surface area (Å²) in [5, 5.41) is 11.4. The number of hydrogen-bond donors (Lipinski definition) is 1. The van der Waals surface area contributed by atoms with Gasteiger partial charge in [0.25, 0.3) is 11.6 Å². The van der Waals surface area contributed by atoms with Crippen molar-refractivity contribution in [3.63, 3.8) is 0 Å². The van der Waals surface area contributed by atoms with E-state index in [1.165, 1.54) is 6.07 Å². The van der Waals surface area contributed by atoms with Gasteiger partial charge in [-0.2, -0.15) is 0 Å². The molecule has 0 aromatic heterocycles. The zero-order valence-electron chi connectivity index (χ0n) is 13.5. The summed E-state index contributed by atoms with van der Waals surface area (Å²) in [6.07, 6.45) is 2.99. The van der Waals surface area contributed by atoms with E-state index in [4.69, 9.17) is 5.73 Å². The van der Waals surface area contributed by atoms with Gasteiger partial charge in [0, 0.05) is 37.8 Å². The number of amides is 1. The van der Waals surface area contributed by atoms with E-state index in [0.717, 1.165) is 32.4 Å². The van der Waals surface area contributed by atoms with Crippen LogP contribution in [0.25, 0.3) is 0 Å². The molecule has 1 atom stereocenters. The molecule has 0 aliphatic carbocycles. The molecular weight excluding hydrogens is 332 g/mol. The molecule has 0 saturated carbocycles. The number of hydrogen-bond acceptors (Lipinski definition) is 5. The van der Waals surface area contributed by atoms with Crippen molar-refractivity contribution in [1.29, 1.82) is 0 Å². The lowest BCUT2D eigenvalue weighted by molar-refractivity contribution is -0.384. The number of nitrogens with zero attached hydrogens (tertiary/aromatic N) is 3. The molecule has 1 aromatic rings. The van der Waals surface area contributed by atoms with Crippen LogP contribution in [0.2, 0.25) is 0 Å². The van der Waals surface area contributed by atoms with E-state index in [2.05, 4.69) is 0 Å². The average molecular weight is 355 g/mol. The van der Waals surface area contributed by atoms with Crippen molar-refractivity contribution >= 4 is 29.7 Å². The number of nitro groups is 1. The quantitative estimate of drug-likeness (QED) is 0.659. The lowest BCUT2D eigenvalue weighted by Gasteiger charge is -2.19. The van der Waals surface area contributed by atoms with Crippen LogP contribution < -0.4 is 10.6 Å². The van der Waals surface area contributed by atoms with Gasteiger partial charge in [0.1, 0.15) is 5.69 Å². The number of rotatable bonds is 4. The second-order valence-corrected chi connectivity index (χ2v) is 6.30. The Kier molecular flexibility index (Phi) is 6.01. The van der Waals surface area contributed by atoms with Gasteiger partial charge in [-0.15, -0.1) is 12.4 Å². The van der Waals surface area contributed by atoms with Crippen molar-refractivity contribution in [3.05, 3.63) is 33.9 Å². The van der Waals surface area contributed by atoms with Gasteiger partial charge >= 0.3 is 0 Å². The van der Waals surface area contributed by atoms with Crippen molar-refractivity contribution in [2.75, 3.05) is 37.6 Å². The van der Waals surface area contributed by atoms with E-state index in [1.807, 2.05) is 4.90 Å². The van der Waals surface area contributed by atoms with Crippen molar-refractivity contribution in [1.82, 2.24) is 4.90 Å². The summed E-state index contributed by atoms with van der Waals surface area (Å²) in [5.74, 6) is 0.190. The van der Waals surface area contributed by atoms with Gasteiger partial charge in [-0.05, 0) is 43.9 Å². The second-order valence-electron chi connectivity index (χ2n) is 6.30. The molecule has 8 heteroatoms. The molecule has 1 unspecified atom stereocenters. The molecule has 2 aliphatic rings. The Morgan fingerprint density at radius 1 is 1.29 bits per heavy atom. The summed E-state index contributed by atoms with van der Waals surface area (Å²) in [5.41, 5.74) is 6.68. The molecule has 2 aliphatic heterocycles. The number of carbonyl (C=O) groups excluding carboxylic acids is 1. The largest absolute Gasteiger partial charge is 0.366 e. The maximum atomic E-state index is 12.6. The monoisotopic (exact) mass is 354 g/mol. The minimum absolute atomic E-state index is 0. The first-order valence-electron chi connectivity index (χ1n) is 8.13. The van der Waals surface area contributed by atoms with Crippen LogP contribution in [-0.2, 0) is 0 Å². The third-order valence-corrected chi connectivity index (χ3v) is 4.77. The Morgan fingerprint density at radius 3 is 2.58 bits per heavy atom. The molecule has 3 rings (SSSR count). The van der Waals surface area contributed by atoms with E-state index in [0.29, 0.717) is 36.8 Å². The zero-order chi connectivity index (χ0) is 16.4. The minimum Gasteiger partial charge on any atom is -0.366 e. The highest BCUT2D eigenvalue weighted by atomic mass is 35.5. The smallest absolute Gasteiger partial charge is 0.293 e. The van der Waals surface area contributed by atoms with E-state index in [-0.39, 0.29) is 24.0 Å². The van der Waals surface area contributed by atoms with Crippen LogP contribution in [0, 0.1) is 16.0 Å². The predicted octanol–water partition coefficient (Wildman–Crippen LogP) is 2.04. The first-order chi connectivity index (χ1) is 11.1. The molecule has 2 heterocycles. The van der Waals surface area contributed by atoms with Gasteiger partial charge < -0.3 is 15.5 Å². The highest BCUT2D eigenvalue weighted by Crippen LogP contribution is 2.32. The summed E-state index contributed by atoms with van der Waals surface area (Å²) in [4.78, 5) is 27.3. The molecule has 2 fully saturated rings. The molecule has 2 saturated heterocycles. The standard InChI is InChI=1S/C16H22N4O3.ClH/c17-10-12-5-8-19(11-12)16(21)13-3-4-14(15(9-13)20(22)23)18-6-1-2-7-18;/h3-4,9,12H,1-2,5-8,10-11,17H2;1H. The summed E-state index contributed by atoms with van der Waals surface area (Å²) < 4.78 is 0. The molecule has 132 valence electrons. The van der Waals surface area contributed by atoms with Crippen molar-refractivity contribution in [3.8, 4) is 0 Å². The van der Waals surface area contributed by atoms with Crippen LogP contribution >= 0.6 is 12.4 Å². The van der Waals surface area contributed by atoms with Crippen LogP contribution in [0.5, 0.6) is 0 Å². The topological polar surface area (TPSA) is 92.7 Å². The summed E-state index contributed by atoms with van der Waals surface area (Å²) >= 11 is 0. The third-order valence-electron chi connectivity index (χ3n) is 4.77. The molecule has 1 aromatic carbocycles. The number of halogens is 1. The predicted molar refractivity (Wildman–Crippen MR) is 94.9 cm³/mol. The second kappa shape index (κ2) is 7.81. The highest BCUT2D eigenvalue weighted by molar-refractivity contribution is 5.96. The van der Waals surface area contributed by atoms with Crippen LogP contribution in [-0.4, -0.2) is 48.5 Å². The first-order valence-corrected chi connectivity index (χ1v) is 8.13. The van der Waals surface area contributed by atoms with Crippen LogP contribution in [0.3, 0.4) is 0 Å². The Balaban J connectivity index is 0.00000208. The van der Waals surface area contributed by atoms with E-state index < -0.39 is 4.92 Å². The number of nitrogens with two attached hydrogens (primary N) is 1. The van der Waals surface area contributed by atoms with Gasteiger partial charge in [-0.3, -0.25) is 14.9 Å². The van der Waals surface area contributed by atoms with Gasteiger partial charge in [0.05, 0.1) is 4.92 Å². The molecule has 0 radical (unpaired) electrons. The van der Waals surface area contributed by atoms with Crippen LogP contribution in [0.15, 0.2) is 18.2 Å². The fourth-order valence-corrected chi connectivity index (χ4v) is 3.42. The van der Waals surface area contributed by atoms with Gasteiger partial charge in [-0.25, -0.2) is 0 Å². The number of benzene rings is 1. The fraction of sp³-hybridized carbons (Fsp3) is 0.562. The molecule has 24 heavy (non-hydrogen) atoms. The van der Waals surface area contributed by atoms with E-state index >= 15 is 0 Å². The van der Waals surface area contributed by atoms with Crippen molar-refractivity contribution in [2.24, 2.45) is 11.7 Å². The summed E-state index contributed by atoms with van der Waals surface area (Å²) in [6.45, 7) is 3.54. The molecule has 0 spiro atoms. The lowest BCUT2D eigenvalue weighted by Crippen LogP contribution is -2.30. The van der Waals surface area contributed by atoms with Gasteiger partial charge in [-0.1, -0.05) is 0 Å². The molecule has 7 nitrogen and oxygen atoms in total. The SMILES string of the molecule is Cl.NCC1CCN(C(=O)c2ccc(N3CCCC3)c([N+](=O)[O-])c2)C1. The molecule has 2 N–H and O–H groups in total. The lowest BCUT2D eigenvalue weighted by atomic mass is 10.1. The molecular formula is C16H23ClN4O3. The first kappa shape index (κ1) is 18.5. The number of carbonyl (C=O) groups is 1. The number of likely N-dealkylation sites (tertiary alicyclic amines) is 1. The van der Waals surface area contributed by atoms with Crippen LogP contribution in [0.1, 0.15) is 29.6 Å². The van der Waals surface area contributed by atoms with Crippen LogP contribution in [0.4, 0.5) is 11.4 Å². The summed E-state index contributed by atoms with van der Waals surface area (Å²) in [6, 6.07) is 4.84. The number of nitro benzene ring substituents is 1. The van der Waals surface area contributed by atoms with E-state index in [1.54, 1.807) is 17.0 Å². The minimum atomic E-state index is -0.392. The molecule has 1 amide bonds. The molecule has 0 bridgehead atoms.